The molecule has 7 heteroatoms. The number of nitrogens with zero attached hydrogens (tertiary/aromatic N) is 4. The molecule has 4 heterocycles. The number of hydrazone groups is 1. The molecule has 4 aromatic rings. The molecule has 0 spiro atoms. The Morgan fingerprint density at radius 2 is 1.81 bits per heavy atom. The van der Waals surface area contributed by atoms with Crippen LogP contribution in [0.25, 0.3) is 11.0 Å². The largest absolute Gasteiger partial charge is 0.463 e. The molecule has 1 aromatic carbocycles. The zero-order valence-corrected chi connectivity index (χ0v) is 14.1. The van der Waals surface area contributed by atoms with Gasteiger partial charge in [0.1, 0.15) is 17.5 Å². The third-order valence-electron chi connectivity index (χ3n) is 4.46. The molecule has 7 nitrogen and oxygen atoms in total. The van der Waals surface area contributed by atoms with Gasteiger partial charge in [0.05, 0.1) is 35.5 Å². The molecular weight excluding hydrogens is 344 g/mol. The highest BCUT2D eigenvalue weighted by Crippen LogP contribution is 2.33. The van der Waals surface area contributed by atoms with Gasteiger partial charge in [0, 0.05) is 6.42 Å². The van der Waals surface area contributed by atoms with Gasteiger partial charge in [-0.25, -0.2) is 9.99 Å². The minimum absolute atomic E-state index is 0.221. The van der Waals surface area contributed by atoms with E-state index in [1.54, 1.807) is 30.7 Å². The van der Waals surface area contributed by atoms with Gasteiger partial charge in [-0.1, -0.05) is 12.1 Å². The van der Waals surface area contributed by atoms with Crippen LogP contribution in [0.3, 0.4) is 0 Å². The maximum atomic E-state index is 12.9. The third-order valence-corrected chi connectivity index (χ3v) is 4.46. The fourth-order valence-corrected chi connectivity index (χ4v) is 3.16. The molecule has 132 valence electrons. The van der Waals surface area contributed by atoms with Crippen LogP contribution in [0.2, 0.25) is 0 Å². The predicted molar refractivity (Wildman–Crippen MR) is 97.0 cm³/mol. The van der Waals surface area contributed by atoms with Crippen molar-refractivity contribution >= 4 is 22.7 Å². The lowest BCUT2D eigenvalue weighted by Gasteiger charge is -2.20. The van der Waals surface area contributed by atoms with Crippen LogP contribution in [0.15, 0.2) is 81.2 Å². The molecule has 0 fully saturated rings. The molecule has 0 bridgehead atoms. The van der Waals surface area contributed by atoms with Gasteiger partial charge in [0.2, 0.25) is 0 Å². The van der Waals surface area contributed by atoms with Gasteiger partial charge >= 0.3 is 5.91 Å². The summed E-state index contributed by atoms with van der Waals surface area (Å²) >= 11 is 0. The maximum absolute atomic E-state index is 12.9. The van der Waals surface area contributed by atoms with E-state index < -0.39 is 0 Å². The Bertz CT molecular complexity index is 1130. The molecular formula is C20H14N4O3. The van der Waals surface area contributed by atoms with Gasteiger partial charge in [0.15, 0.2) is 5.76 Å². The van der Waals surface area contributed by atoms with E-state index in [4.69, 9.17) is 13.8 Å². The van der Waals surface area contributed by atoms with Gasteiger partial charge in [-0.15, -0.1) is 0 Å². The molecule has 0 radical (unpaired) electrons. The molecule has 1 aliphatic heterocycles. The summed E-state index contributed by atoms with van der Waals surface area (Å²) in [7, 11) is 0. The number of furan rings is 2. The molecule has 1 atom stereocenters. The van der Waals surface area contributed by atoms with E-state index in [0.717, 1.165) is 11.0 Å². The van der Waals surface area contributed by atoms with E-state index in [-0.39, 0.29) is 17.7 Å². The van der Waals surface area contributed by atoms with Crippen LogP contribution in [0, 0.1) is 0 Å². The van der Waals surface area contributed by atoms with Gasteiger partial charge < -0.3 is 8.83 Å². The van der Waals surface area contributed by atoms with Gasteiger partial charge in [-0.2, -0.15) is 5.10 Å². The standard InChI is InChI=1S/C20H14N4O3/c25-20(19-8-4-10-27-19)24-17(11-15(23-24)18-7-3-9-26-18)16-12-21-13-5-1-2-6-14(13)22-16/h1-10,12,17H,11H2/t17-/m0/s1. The molecule has 5 rings (SSSR count). The first kappa shape index (κ1) is 15.5. The minimum Gasteiger partial charge on any atom is -0.463 e. The molecule has 0 unspecified atom stereocenters. The average molecular weight is 358 g/mol. The van der Waals surface area contributed by atoms with E-state index in [9.17, 15) is 4.79 Å². The lowest BCUT2D eigenvalue weighted by molar-refractivity contribution is 0.0675. The highest BCUT2D eigenvalue weighted by atomic mass is 16.3. The van der Waals surface area contributed by atoms with Crippen LogP contribution in [-0.2, 0) is 0 Å². The molecule has 0 N–H and O–H groups in total. The Morgan fingerprint density at radius 3 is 2.59 bits per heavy atom. The van der Waals surface area contributed by atoms with Crippen molar-refractivity contribution < 1.29 is 13.6 Å². The van der Waals surface area contributed by atoms with Crippen molar-refractivity contribution in [3.8, 4) is 0 Å². The summed E-state index contributed by atoms with van der Waals surface area (Å²) in [5, 5.41) is 5.90. The number of aromatic nitrogens is 2. The van der Waals surface area contributed by atoms with Gasteiger partial charge in [-0.3, -0.25) is 9.78 Å². The van der Waals surface area contributed by atoms with Crippen LogP contribution < -0.4 is 0 Å². The first-order chi connectivity index (χ1) is 13.3. The normalized spacial score (nSPS) is 16.7. The summed E-state index contributed by atoms with van der Waals surface area (Å²) in [4.78, 5) is 22.1. The molecule has 27 heavy (non-hydrogen) atoms. The van der Waals surface area contributed by atoms with Crippen LogP contribution >= 0.6 is 0 Å². The number of hydrogen-bond acceptors (Lipinski definition) is 6. The summed E-state index contributed by atoms with van der Waals surface area (Å²) in [5.74, 6) is 0.517. The van der Waals surface area contributed by atoms with Crippen LogP contribution in [0.4, 0.5) is 0 Å². The number of benzene rings is 1. The second-order valence-electron chi connectivity index (χ2n) is 6.15. The SMILES string of the molecule is O=C(c1ccco1)N1N=C(c2ccco2)C[C@H]1c1cnc2ccccc2n1. The van der Waals surface area contributed by atoms with Crippen molar-refractivity contribution in [2.24, 2.45) is 5.10 Å². The van der Waals surface area contributed by atoms with E-state index in [2.05, 4.69) is 10.1 Å². The summed E-state index contributed by atoms with van der Waals surface area (Å²) < 4.78 is 10.7. The lowest BCUT2D eigenvalue weighted by Crippen LogP contribution is -2.27. The van der Waals surface area contributed by atoms with Crippen LogP contribution in [0.1, 0.15) is 34.5 Å². The Labute approximate surface area is 153 Å². The van der Waals surface area contributed by atoms with Crippen molar-refractivity contribution in [2.45, 2.75) is 12.5 Å². The molecule has 0 aliphatic carbocycles. The molecule has 1 amide bonds. The van der Waals surface area contributed by atoms with Crippen molar-refractivity contribution in [1.82, 2.24) is 15.0 Å². The number of fused-ring (bicyclic) bond motifs is 1. The molecule has 3 aromatic heterocycles. The number of amides is 1. The quantitative estimate of drug-likeness (QED) is 0.556. The van der Waals surface area contributed by atoms with Crippen LogP contribution in [0.5, 0.6) is 0 Å². The number of hydrogen-bond donors (Lipinski definition) is 0. The number of carbonyl (C=O) groups is 1. The Hall–Kier alpha value is -3.74. The summed E-state index contributed by atoms with van der Waals surface area (Å²) in [6.07, 6.45) is 5.22. The van der Waals surface area contributed by atoms with Crippen LogP contribution in [-0.4, -0.2) is 26.6 Å². The zero-order valence-electron chi connectivity index (χ0n) is 14.1. The van der Waals surface area contributed by atoms with Crippen molar-refractivity contribution in [2.75, 3.05) is 0 Å². The van der Waals surface area contributed by atoms with Gasteiger partial charge in [-0.05, 0) is 36.4 Å². The molecule has 0 saturated heterocycles. The van der Waals surface area contributed by atoms with E-state index in [1.807, 2.05) is 30.3 Å². The summed E-state index contributed by atoms with van der Waals surface area (Å²) in [6, 6.07) is 14.1. The Kier molecular flexibility index (Phi) is 3.57. The third kappa shape index (κ3) is 2.69. The fraction of sp³-hybridized carbons (Fsp3) is 0.100. The Morgan fingerprint density at radius 1 is 1.00 bits per heavy atom. The van der Waals surface area contributed by atoms with E-state index in [1.165, 1.54) is 11.3 Å². The molecule has 0 saturated carbocycles. The second-order valence-corrected chi connectivity index (χ2v) is 6.15. The monoisotopic (exact) mass is 358 g/mol. The number of carbonyl (C=O) groups excluding carboxylic acids is 1. The zero-order chi connectivity index (χ0) is 18.2. The maximum Gasteiger partial charge on any atom is 0.310 e. The Balaban J connectivity index is 1.57. The van der Waals surface area contributed by atoms with Crippen molar-refractivity contribution in [3.63, 3.8) is 0 Å². The average Bonchev–Trinajstić information content (AvgIpc) is 3.48. The fourth-order valence-electron chi connectivity index (χ4n) is 3.16. The van der Waals surface area contributed by atoms with E-state index in [0.29, 0.717) is 23.6 Å². The summed E-state index contributed by atoms with van der Waals surface area (Å²) in [5.41, 5.74) is 2.92. The minimum atomic E-state index is -0.389. The predicted octanol–water partition coefficient (Wildman–Crippen LogP) is 3.81. The van der Waals surface area contributed by atoms with Crippen molar-refractivity contribution in [1.29, 1.82) is 0 Å². The van der Waals surface area contributed by atoms with Gasteiger partial charge in [0.25, 0.3) is 0 Å². The summed E-state index contributed by atoms with van der Waals surface area (Å²) in [6.45, 7) is 0. The highest BCUT2D eigenvalue weighted by Gasteiger charge is 2.36. The lowest BCUT2D eigenvalue weighted by atomic mass is 10.1. The number of para-hydroxylation sites is 2. The first-order valence-corrected chi connectivity index (χ1v) is 8.50. The topological polar surface area (TPSA) is 84.7 Å². The molecule has 1 aliphatic rings. The van der Waals surface area contributed by atoms with E-state index >= 15 is 0 Å². The highest BCUT2D eigenvalue weighted by molar-refractivity contribution is 6.02. The number of rotatable bonds is 3. The first-order valence-electron chi connectivity index (χ1n) is 8.50. The smallest absolute Gasteiger partial charge is 0.310 e. The second kappa shape index (κ2) is 6.21. The van der Waals surface area contributed by atoms with Crippen molar-refractivity contribution in [3.05, 3.63) is 84.5 Å².